The zero-order valence-electron chi connectivity index (χ0n) is 31.3. The zero-order chi connectivity index (χ0) is 37.1. The predicted octanol–water partition coefficient (Wildman–Crippen LogP) is 2.81. The van der Waals surface area contributed by atoms with Crippen LogP contribution in [0, 0.1) is 34.0 Å². The van der Waals surface area contributed by atoms with E-state index in [2.05, 4.69) is 40.1 Å². The first-order chi connectivity index (χ1) is 22.6. The number of hydrogen-bond donors (Lipinski definition) is 5. The van der Waals surface area contributed by atoms with Crippen LogP contribution in [0.5, 0.6) is 0 Å². The van der Waals surface area contributed by atoms with E-state index < -0.39 is 64.5 Å². The van der Waals surface area contributed by atoms with Crippen molar-refractivity contribution in [1.29, 1.82) is 0 Å². The first-order valence-corrected chi connectivity index (χ1v) is 17.7. The van der Waals surface area contributed by atoms with Gasteiger partial charge in [0.2, 0.25) is 17.6 Å². The average molecular weight is 688 g/mol. The molecule has 5 N–H and O–H groups in total. The second kappa shape index (κ2) is 15.5. The van der Waals surface area contributed by atoms with Gasteiger partial charge in [-0.25, -0.2) is 9.59 Å². The minimum atomic E-state index is -1.10. The van der Waals surface area contributed by atoms with E-state index in [-0.39, 0.29) is 29.8 Å². The minimum Gasteiger partial charge on any atom is -0.346 e. The number of hydrogen-bond acceptors (Lipinski definition) is 6. The van der Waals surface area contributed by atoms with E-state index in [1.165, 1.54) is 30.7 Å². The Morgan fingerprint density at radius 2 is 1.63 bits per heavy atom. The molecule has 0 spiro atoms. The molecule has 4 unspecified atom stereocenters. The molecule has 2 saturated heterocycles. The van der Waals surface area contributed by atoms with Crippen LogP contribution in [0.15, 0.2) is 12.7 Å². The highest BCUT2D eigenvalue weighted by atomic mass is 16.2. The summed E-state index contributed by atoms with van der Waals surface area (Å²) in [7, 11) is 0. The number of ketones is 1. The van der Waals surface area contributed by atoms with Crippen molar-refractivity contribution in [3.63, 3.8) is 0 Å². The Labute approximate surface area is 292 Å². The van der Waals surface area contributed by atoms with E-state index in [9.17, 15) is 28.8 Å². The normalized spacial score (nSPS) is 24.4. The van der Waals surface area contributed by atoms with Gasteiger partial charge in [-0.2, -0.15) is 0 Å². The molecule has 4 fully saturated rings. The van der Waals surface area contributed by atoms with Crippen molar-refractivity contribution in [2.75, 3.05) is 32.7 Å². The number of fused-ring (bicyclic) bond motifs is 1. The molecule has 0 aromatic carbocycles. The molecule has 2 aliphatic carbocycles. The summed E-state index contributed by atoms with van der Waals surface area (Å²) in [6.45, 7) is 24.7. The third kappa shape index (κ3) is 10.2. The lowest BCUT2D eigenvalue weighted by Crippen LogP contribution is -2.63. The molecule has 13 heteroatoms. The molecule has 6 atom stereocenters. The minimum absolute atomic E-state index is 0.0782. The van der Waals surface area contributed by atoms with Crippen molar-refractivity contribution in [1.82, 2.24) is 36.4 Å². The number of piperidine rings is 1. The monoisotopic (exact) mass is 687 g/mol. The van der Waals surface area contributed by atoms with Crippen molar-refractivity contribution < 1.29 is 28.8 Å². The van der Waals surface area contributed by atoms with Gasteiger partial charge < -0.3 is 36.4 Å². The average Bonchev–Trinajstić information content (AvgIpc) is 3.82. The van der Waals surface area contributed by atoms with E-state index in [1.54, 1.807) is 4.90 Å². The maximum Gasteiger partial charge on any atom is 0.317 e. The van der Waals surface area contributed by atoms with Crippen LogP contribution in [0.3, 0.4) is 0 Å². The van der Waals surface area contributed by atoms with Gasteiger partial charge >= 0.3 is 12.1 Å². The van der Waals surface area contributed by atoms with Gasteiger partial charge in [0.25, 0.3) is 5.91 Å². The molecule has 13 nitrogen and oxygen atoms in total. The number of carbonyl (C=O) groups is 6. The highest BCUT2D eigenvalue weighted by Gasteiger charge is 2.69. The molecule has 4 aliphatic rings. The number of nitrogens with one attached hydrogen (secondary N) is 5. The van der Waals surface area contributed by atoms with Crippen molar-refractivity contribution in [3.05, 3.63) is 12.7 Å². The number of Topliss-reactive ketones (excluding diaryl/α,β-unsaturated/α-hetero) is 1. The number of likely N-dealkylation sites (tertiary alicyclic amines) is 1. The fourth-order valence-electron chi connectivity index (χ4n) is 6.55. The standard InChI is InChI=1S/C32H53N7O6.C4H8/c1-11-13-33-26(42)23(40)18(2)35-25(41)22-21-19(32(21,9)10)16-39(22)27(43)24(31(6,7)8)37-28(44)36-20(30(3,4)5)17-38-15-12-14-34-29(38)45;1-4-2-3-4/h11,18-22,24H,1,12-17H2,2-10H3,(H,33,42)(H,34,45)(H,35,41)(H2,36,37,44);4H,2-3H2,1H3/t18?,19-,20?,21?,22?,24+;/m0./s1. The summed E-state index contributed by atoms with van der Waals surface area (Å²) in [5.41, 5.74) is -1.29. The molecule has 4 rings (SSSR count). The van der Waals surface area contributed by atoms with Crippen LogP contribution >= 0.6 is 0 Å². The highest BCUT2D eigenvalue weighted by Crippen LogP contribution is 2.65. The summed E-state index contributed by atoms with van der Waals surface area (Å²) in [6.07, 6.45) is 5.23. The summed E-state index contributed by atoms with van der Waals surface area (Å²) in [5.74, 6) is -1.50. The van der Waals surface area contributed by atoms with Crippen LogP contribution in [0.1, 0.15) is 88.5 Å². The molecular weight excluding hydrogens is 626 g/mol. The molecule has 2 heterocycles. The summed E-state index contributed by atoms with van der Waals surface area (Å²) < 4.78 is 0. The Balaban J connectivity index is 0.00000151. The van der Waals surface area contributed by atoms with Crippen LogP contribution in [-0.2, 0) is 19.2 Å². The largest absolute Gasteiger partial charge is 0.346 e. The van der Waals surface area contributed by atoms with E-state index in [0.29, 0.717) is 26.2 Å². The van der Waals surface area contributed by atoms with E-state index >= 15 is 0 Å². The molecule has 7 amide bonds. The second-order valence-electron chi connectivity index (χ2n) is 17.0. The number of carbonyl (C=O) groups excluding carboxylic acids is 6. The van der Waals surface area contributed by atoms with Crippen LogP contribution in [0.2, 0.25) is 0 Å². The molecule has 0 aromatic heterocycles. The van der Waals surface area contributed by atoms with Crippen molar-refractivity contribution in [2.24, 2.45) is 34.0 Å². The Kier molecular flexibility index (Phi) is 12.6. The van der Waals surface area contributed by atoms with Gasteiger partial charge in [0.15, 0.2) is 0 Å². The molecule has 276 valence electrons. The second-order valence-corrected chi connectivity index (χ2v) is 17.0. The smallest absolute Gasteiger partial charge is 0.317 e. The summed E-state index contributed by atoms with van der Waals surface area (Å²) in [4.78, 5) is 81.7. The van der Waals surface area contributed by atoms with E-state index in [4.69, 9.17) is 0 Å². The van der Waals surface area contributed by atoms with Gasteiger partial charge in [-0.15, -0.1) is 6.58 Å². The van der Waals surface area contributed by atoms with Gasteiger partial charge in [-0.1, -0.05) is 81.2 Å². The maximum atomic E-state index is 14.2. The fourth-order valence-corrected chi connectivity index (χ4v) is 6.55. The number of rotatable bonds is 11. The molecule has 49 heavy (non-hydrogen) atoms. The molecule has 2 saturated carbocycles. The van der Waals surface area contributed by atoms with E-state index in [1.807, 2.05) is 55.4 Å². The first-order valence-electron chi connectivity index (χ1n) is 17.7. The molecule has 0 bridgehead atoms. The van der Waals surface area contributed by atoms with Gasteiger partial charge in [0, 0.05) is 32.7 Å². The number of amides is 7. The topological polar surface area (TPSA) is 169 Å². The fraction of sp³-hybridized carbons (Fsp3) is 0.778. The maximum absolute atomic E-state index is 14.2. The third-order valence-electron chi connectivity index (χ3n) is 10.3. The van der Waals surface area contributed by atoms with Gasteiger partial charge in [-0.3, -0.25) is 19.2 Å². The predicted molar refractivity (Wildman–Crippen MR) is 188 cm³/mol. The lowest BCUT2D eigenvalue weighted by Gasteiger charge is -2.39. The molecule has 0 radical (unpaired) electrons. The van der Waals surface area contributed by atoms with Crippen molar-refractivity contribution in [2.45, 2.75) is 113 Å². The molecular formula is C36H61N7O6. The van der Waals surface area contributed by atoms with Crippen LogP contribution in [-0.4, -0.2) is 102 Å². The van der Waals surface area contributed by atoms with Gasteiger partial charge in [-0.05, 0) is 47.3 Å². The Morgan fingerprint density at radius 3 is 2.14 bits per heavy atom. The Morgan fingerprint density at radius 1 is 1.02 bits per heavy atom. The van der Waals surface area contributed by atoms with Gasteiger partial charge in [0.05, 0.1) is 12.1 Å². The number of urea groups is 2. The third-order valence-corrected chi connectivity index (χ3v) is 10.3. The summed E-state index contributed by atoms with van der Waals surface area (Å²) >= 11 is 0. The Bertz CT molecular complexity index is 1280. The van der Waals surface area contributed by atoms with Crippen molar-refractivity contribution in [3.8, 4) is 0 Å². The van der Waals surface area contributed by atoms with Crippen molar-refractivity contribution >= 4 is 35.6 Å². The zero-order valence-corrected chi connectivity index (χ0v) is 31.3. The molecule has 2 aliphatic heterocycles. The van der Waals surface area contributed by atoms with E-state index in [0.717, 1.165) is 12.3 Å². The molecule has 0 aromatic rings. The highest BCUT2D eigenvalue weighted by molar-refractivity contribution is 6.38. The van der Waals surface area contributed by atoms with Crippen LogP contribution in [0.25, 0.3) is 0 Å². The lowest BCUT2D eigenvalue weighted by molar-refractivity contribution is -0.145. The van der Waals surface area contributed by atoms with Crippen LogP contribution < -0.4 is 26.6 Å². The Hall–Kier alpha value is -3.64. The first kappa shape index (κ1) is 39.8. The SMILES string of the molecule is C=CCNC(=O)C(=O)C(C)NC(=O)C1C2[C@H](CN1C(=O)[C@@H](NC(=O)NC(CN1CCCNC1=O)C(C)(C)C)C(C)(C)C)C2(C)C.CC1CC1. The van der Waals surface area contributed by atoms with Crippen LogP contribution in [0.4, 0.5) is 9.59 Å². The summed E-state index contributed by atoms with van der Waals surface area (Å²) in [5, 5.41) is 13.8. The van der Waals surface area contributed by atoms with Gasteiger partial charge in [0.1, 0.15) is 12.1 Å². The quantitative estimate of drug-likeness (QED) is 0.165. The lowest BCUT2D eigenvalue weighted by atomic mass is 9.85. The number of nitrogens with zero attached hydrogens (tertiary/aromatic N) is 2. The summed E-state index contributed by atoms with van der Waals surface area (Å²) in [6, 6.07) is -4.06.